The number of amides is 2. The lowest BCUT2D eigenvalue weighted by Gasteiger charge is -2.31. The molecule has 0 radical (unpaired) electrons. The van der Waals surface area contributed by atoms with Crippen molar-refractivity contribution in [1.82, 2.24) is 0 Å². The van der Waals surface area contributed by atoms with Crippen LogP contribution < -0.4 is 20.1 Å². The monoisotopic (exact) mass is 690 g/mol. The molecule has 0 fully saturated rings. The maximum absolute atomic E-state index is 14.6. The Morgan fingerprint density at radius 2 is 1.47 bits per heavy atom. The van der Waals surface area contributed by atoms with Crippen molar-refractivity contribution >= 4 is 39.1 Å². The number of carbonyl (C=O) groups excluding carboxylic acids is 2. The molecular weight excluding hydrogens is 674 g/mol. The highest BCUT2D eigenvalue weighted by Crippen LogP contribution is 2.55. The summed E-state index contributed by atoms with van der Waals surface area (Å²) >= 11 is 2.58. The molecule has 43 heavy (non-hydrogen) atoms. The minimum atomic E-state index is -6.57. The van der Waals surface area contributed by atoms with E-state index in [9.17, 15) is 53.5 Å². The van der Waals surface area contributed by atoms with E-state index >= 15 is 0 Å². The van der Waals surface area contributed by atoms with Gasteiger partial charge in [0.25, 0.3) is 11.8 Å². The standard InChI is InChI=1S/C26H17BrF10N2O4/c1-11-8-13(28)6-7-14(11)21(40)38-17-5-3-4-15(20(17)42-2)22(41)39-19-16(27)9-12(10-18(19)43-23(29)30)24(31,25(32,33)34)26(35,36)37/h3-10,23H,1-2H3,(H,38,40)(H,39,41). The lowest BCUT2D eigenvalue weighted by atomic mass is 9.93. The van der Waals surface area contributed by atoms with E-state index in [1.165, 1.54) is 25.1 Å². The summed E-state index contributed by atoms with van der Waals surface area (Å²) in [6.07, 6.45) is -13.1. The first-order chi connectivity index (χ1) is 19.8. The molecule has 3 aromatic rings. The van der Waals surface area contributed by atoms with E-state index in [-0.39, 0.29) is 34.7 Å². The minimum Gasteiger partial charge on any atom is -0.494 e. The molecule has 3 aromatic carbocycles. The molecular formula is C26H17BrF10N2O4. The zero-order chi connectivity index (χ0) is 32.5. The van der Waals surface area contributed by atoms with E-state index < -0.39 is 69.3 Å². The van der Waals surface area contributed by atoms with E-state index in [0.29, 0.717) is 0 Å². The molecule has 0 aliphatic heterocycles. The smallest absolute Gasteiger partial charge is 0.435 e. The van der Waals surface area contributed by atoms with Crippen molar-refractivity contribution in [3.05, 3.63) is 81.1 Å². The lowest BCUT2D eigenvalue weighted by Crippen LogP contribution is -2.50. The van der Waals surface area contributed by atoms with Crippen LogP contribution in [0.2, 0.25) is 0 Å². The van der Waals surface area contributed by atoms with Crippen LogP contribution in [0.25, 0.3) is 0 Å². The summed E-state index contributed by atoms with van der Waals surface area (Å²) in [5.74, 6) is -4.33. The second kappa shape index (κ2) is 12.3. The van der Waals surface area contributed by atoms with Crippen molar-refractivity contribution in [3.8, 4) is 11.5 Å². The number of alkyl halides is 9. The third kappa shape index (κ3) is 6.81. The summed E-state index contributed by atoms with van der Waals surface area (Å²) in [4.78, 5) is 25.9. The number of halogens is 11. The number of aryl methyl sites for hydroxylation is 1. The molecule has 17 heteroatoms. The van der Waals surface area contributed by atoms with Gasteiger partial charge in [0, 0.05) is 15.6 Å². The molecule has 0 aromatic heterocycles. The molecule has 0 saturated carbocycles. The number of anilines is 2. The Morgan fingerprint density at radius 3 is 2.00 bits per heavy atom. The number of carbonyl (C=O) groups is 2. The molecule has 0 aliphatic rings. The highest BCUT2D eigenvalue weighted by atomic mass is 79.9. The number of para-hydroxylation sites is 1. The van der Waals surface area contributed by atoms with Crippen molar-refractivity contribution in [2.45, 2.75) is 31.6 Å². The van der Waals surface area contributed by atoms with Gasteiger partial charge in [0.1, 0.15) is 5.82 Å². The van der Waals surface area contributed by atoms with E-state index in [2.05, 4.69) is 26.0 Å². The molecule has 0 aliphatic carbocycles. The third-order valence-corrected chi connectivity index (χ3v) is 6.46. The maximum Gasteiger partial charge on any atom is 0.435 e. The van der Waals surface area contributed by atoms with Gasteiger partial charge in [-0.05, 0) is 70.9 Å². The van der Waals surface area contributed by atoms with Crippen LogP contribution >= 0.6 is 15.9 Å². The van der Waals surface area contributed by atoms with Gasteiger partial charge in [-0.15, -0.1) is 0 Å². The number of ether oxygens (including phenoxy) is 2. The van der Waals surface area contributed by atoms with Gasteiger partial charge in [0.2, 0.25) is 0 Å². The summed E-state index contributed by atoms with van der Waals surface area (Å²) in [6.45, 7) is -2.37. The van der Waals surface area contributed by atoms with Gasteiger partial charge in [-0.3, -0.25) is 9.59 Å². The number of nitrogens with one attached hydrogen (secondary N) is 2. The first-order valence-corrected chi connectivity index (χ1v) is 12.3. The van der Waals surface area contributed by atoms with Gasteiger partial charge < -0.3 is 20.1 Å². The molecule has 6 nitrogen and oxygen atoms in total. The van der Waals surface area contributed by atoms with Crippen LogP contribution in [0.4, 0.5) is 55.3 Å². The predicted molar refractivity (Wildman–Crippen MR) is 136 cm³/mol. The van der Waals surface area contributed by atoms with Crippen molar-refractivity contribution in [3.63, 3.8) is 0 Å². The highest BCUT2D eigenvalue weighted by Gasteiger charge is 2.73. The number of hydrogen-bond acceptors (Lipinski definition) is 4. The van der Waals surface area contributed by atoms with E-state index in [1.54, 1.807) is 0 Å². The molecule has 3 rings (SSSR count). The Kier molecular flexibility index (Phi) is 9.58. The lowest BCUT2D eigenvalue weighted by molar-refractivity contribution is -0.348. The molecule has 0 bridgehead atoms. The Bertz CT molecular complexity index is 1530. The zero-order valence-electron chi connectivity index (χ0n) is 21.5. The van der Waals surface area contributed by atoms with Gasteiger partial charge in [-0.2, -0.15) is 35.1 Å². The average molecular weight is 691 g/mol. The van der Waals surface area contributed by atoms with Crippen LogP contribution in [0.5, 0.6) is 11.5 Å². The van der Waals surface area contributed by atoms with Crippen LogP contribution in [0.15, 0.2) is 53.0 Å². The Labute approximate surface area is 244 Å². The highest BCUT2D eigenvalue weighted by molar-refractivity contribution is 9.10. The maximum atomic E-state index is 14.6. The Balaban J connectivity index is 2.05. The van der Waals surface area contributed by atoms with Crippen molar-refractivity contribution in [2.75, 3.05) is 17.7 Å². The third-order valence-electron chi connectivity index (χ3n) is 5.83. The zero-order valence-corrected chi connectivity index (χ0v) is 23.1. The summed E-state index contributed by atoms with van der Waals surface area (Å²) in [5, 5.41) is 4.44. The number of rotatable bonds is 8. The van der Waals surface area contributed by atoms with E-state index in [4.69, 9.17) is 4.74 Å². The molecule has 0 atom stereocenters. The summed E-state index contributed by atoms with van der Waals surface area (Å²) < 4.78 is 142. The van der Waals surface area contributed by atoms with Gasteiger partial charge in [0.05, 0.1) is 24.0 Å². The summed E-state index contributed by atoms with van der Waals surface area (Å²) in [6, 6.07) is 6.68. The van der Waals surface area contributed by atoms with Gasteiger partial charge in [-0.25, -0.2) is 8.78 Å². The number of benzene rings is 3. The Hall–Kier alpha value is -4.02. The second-order valence-electron chi connectivity index (χ2n) is 8.62. The molecule has 2 amide bonds. The fourth-order valence-corrected chi connectivity index (χ4v) is 4.41. The van der Waals surface area contributed by atoms with Crippen molar-refractivity contribution in [1.29, 1.82) is 0 Å². The molecule has 0 heterocycles. The second-order valence-corrected chi connectivity index (χ2v) is 9.47. The summed E-state index contributed by atoms with van der Waals surface area (Å²) in [7, 11) is 1.08. The SMILES string of the molecule is COc1c(NC(=O)c2ccc(F)cc2C)cccc1C(=O)Nc1c(Br)cc(C(F)(C(F)(F)F)C(F)(F)F)cc1OC(F)F. The van der Waals surface area contributed by atoms with Crippen LogP contribution in [0.1, 0.15) is 31.8 Å². The van der Waals surface area contributed by atoms with Crippen LogP contribution in [0, 0.1) is 12.7 Å². The molecule has 232 valence electrons. The topological polar surface area (TPSA) is 76.7 Å². The van der Waals surface area contributed by atoms with Gasteiger partial charge in [-0.1, -0.05) is 6.07 Å². The largest absolute Gasteiger partial charge is 0.494 e. The van der Waals surface area contributed by atoms with E-state index in [1.807, 2.05) is 5.32 Å². The molecule has 2 N–H and O–H groups in total. The number of hydrogen-bond donors (Lipinski definition) is 2. The predicted octanol–water partition coefficient (Wildman–Crippen LogP) is 8.30. The molecule has 0 unspecified atom stereocenters. The van der Waals surface area contributed by atoms with Crippen LogP contribution in [0.3, 0.4) is 0 Å². The van der Waals surface area contributed by atoms with Crippen LogP contribution in [-0.2, 0) is 5.67 Å². The average Bonchev–Trinajstić information content (AvgIpc) is 2.87. The molecule has 0 spiro atoms. The molecule has 0 saturated heterocycles. The number of methoxy groups -OCH3 is 1. The van der Waals surface area contributed by atoms with Gasteiger partial charge >= 0.3 is 24.6 Å². The Morgan fingerprint density at radius 1 is 0.860 bits per heavy atom. The quantitative estimate of drug-likeness (QED) is 0.233. The van der Waals surface area contributed by atoms with Crippen molar-refractivity contribution in [2.24, 2.45) is 0 Å². The first kappa shape index (κ1) is 33.5. The minimum absolute atomic E-state index is 0.00612. The fourth-order valence-electron chi connectivity index (χ4n) is 3.87. The summed E-state index contributed by atoms with van der Waals surface area (Å²) in [5.41, 5.74) is -9.24. The van der Waals surface area contributed by atoms with Crippen LogP contribution in [-0.4, -0.2) is 37.9 Å². The normalized spacial score (nSPS) is 12.2. The fraction of sp³-hybridized carbons (Fsp3) is 0.231. The van der Waals surface area contributed by atoms with Gasteiger partial charge in [0.15, 0.2) is 11.5 Å². The van der Waals surface area contributed by atoms with E-state index in [0.717, 1.165) is 25.3 Å². The first-order valence-electron chi connectivity index (χ1n) is 11.5. The van der Waals surface area contributed by atoms with Crippen molar-refractivity contribution < 1.29 is 63.0 Å².